The molecule has 12 aromatic rings. The Balaban J connectivity index is 0.00000232. The highest BCUT2D eigenvalue weighted by atomic mass is 32.1. The average Bonchev–Trinajstić information content (AvgIpc) is 3.39. The average molecular weight is 902 g/mol. The van der Waals surface area contributed by atoms with Gasteiger partial charge in [0.05, 0.1) is 17.1 Å². The van der Waals surface area contributed by atoms with Gasteiger partial charge in [0.1, 0.15) is 0 Å². The zero-order chi connectivity index (χ0) is 46.8. The number of anilines is 3. The Kier molecular flexibility index (Phi) is 9.29. The van der Waals surface area contributed by atoms with E-state index in [2.05, 4.69) is 258 Å². The molecule has 14 rings (SSSR count). The van der Waals surface area contributed by atoms with Gasteiger partial charge in [-0.05, 0) is 181 Å². The van der Waals surface area contributed by atoms with Crippen molar-refractivity contribution in [2.45, 2.75) is 38.5 Å². The second kappa shape index (κ2) is 15.4. The van der Waals surface area contributed by atoms with Gasteiger partial charge in [0.2, 0.25) is 0 Å². The van der Waals surface area contributed by atoms with Crippen molar-refractivity contribution in [3.8, 4) is 33.4 Å². The fraction of sp³-hybridized carbons (Fsp3) is 0.104. The highest BCUT2D eigenvalue weighted by Gasteiger charge is 2.46. The van der Waals surface area contributed by atoms with Gasteiger partial charge in [-0.3, -0.25) is 0 Å². The van der Waals surface area contributed by atoms with Crippen molar-refractivity contribution in [3.05, 3.63) is 235 Å². The summed E-state index contributed by atoms with van der Waals surface area (Å²) in [5.74, 6) is 0. The number of benzene rings is 12. The summed E-state index contributed by atoms with van der Waals surface area (Å²) in [6.45, 7) is 9.86. The largest absolute Gasteiger partial charge is 0.309 e. The molecule has 2 heteroatoms. The minimum atomic E-state index is -0.349. The fourth-order valence-corrected chi connectivity index (χ4v) is 12.4. The first kappa shape index (κ1) is 41.5. The molecule has 0 saturated carbocycles. The summed E-state index contributed by atoms with van der Waals surface area (Å²) in [5, 5.41) is 15.2. The minimum Gasteiger partial charge on any atom is -0.309 e. The molecule has 2 aliphatic heterocycles. The maximum absolute atomic E-state index is 3.53. The summed E-state index contributed by atoms with van der Waals surface area (Å²) in [6.07, 6.45) is 1.69. The van der Waals surface area contributed by atoms with Gasteiger partial charge >= 0.3 is 0 Å². The van der Waals surface area contributed by atoms with Gasteiger partial charge in [-0.25, -0.2) is 0 Å². The van der Waals surface area contributed by atoms with E-state index in [9.17, 15) is 0 Å². The van der Waals surface area contributed by atoms with Crippen molar-refractivity contribution in [1.29, 1.82) is 0 Å². The maximum Gasteiger partial charge on any atom is 0.0544 e. The second-order valence-corrected chi connectivity index (χ2v) is 20.1. The number of rotatable bonds is 3. The van der Waals surface area contributed by atoms with E-state index in [4.69, 9.17) is 0 Å². The summed E-state index contributed by atoms with van der Waals surface area (Å²) in [7, 11) is 0. The molecule has 2 heterocycles. The highest BCUT2D eigenvalue weighted by Crippen LogP contribution is 2.62. The molecule has 0 atom stereocenters. The Labute approximate surface area is 409 Å². The van der Waals surface area contributed by atoms with E-state index in [0.29, 0.717) is 0 Å². The molecule has 0 fully saturated rings. The zero-order valence-electron chi connectivity index (χ0n) is 39.6. The zero-order valence-corrected chi connectivity index (χ0v) is 40.5. The van der Waals surface area contributed by atoms with Crippen LogP contribution in [0.3, 0.4) is 0 Å². The number of nitrogens with zero attached hydrogens (tertiary/aromatic N) is 1. The molecule has 0 bridgehead atoms. The first-order chi connectivity index (χ1) is 33.7. The third-order valence-corrected chi connectivity index (χ3v) is 15.7. The molecular weight excluding hydrogens is 851 g/mol. The molecule has 0 unspecified atom stereocenters. The lowest BCUT2D eigenvalue weighted by Crippen LogP contribution is -2.38. The first-order valence-corrected chi connectivity index (χ1v) is 25.1. The Hall–Kier alpha value is -7.65. The van der Waals surface area contributed by atoms with Crippen LogP contribution in [0.4, 0.5) is 17.1 Å². The van der Waals surface area contributed by atoms with Crippen LogP contribution >= 0.6 is 12.6 Å². The van der Waals surface area contributed by atoms with Gasteiger partial charge in [-0.1, -0.05) is 185 Å². The van der Waals surface area contributed by atoms with Crippen molar-refractivity contribution >= 4 is 94.3 Å². The first-order valence-electron chi connectivity index (χ1n) is 24.2. The molecule has 330 valence electrons. The van der Waals surface area contributed by atoms with E-state index in [1.807, 2.05) is 0 Å². The van der Waals surface area contributed by atoms with E-state index >= 15 is 0 Å². The molecule has 69 heavy (non-hydrogen) atoms. The molecule has 0 radical (unpaired) electrons. The van der Waals surface area contributed by atoms with Crippen LogP contribution < -0.4 is 4.90 Å². The summed E-state index contributed by atoms with van der Waals surface area (Å²) >= 11 is 3.53. The molecule has 1 nitrogen and oxygen atoms in total. The minimum absolute atomic E-state index is 0.349. The van der Waals surface area contributed by atoms with Gasteiger partial charge in [0.15, 0.2) is 0 Å². The summed E-state index contributed by atoms with van der Waals surface area (Å²) < 4.78 is 0. The third-order valence-electron chi connectivity index (χ3n) is 15.7. The van der Waals surface area contributed by atoms with E-state index < -0.39 is 0 Å². The molecule has 0 N–H and O–H groups in total. The Morgan fingerprint density at radius 3 is 0.855 bits per heavy atom. The smallest absolute Gasteiger partial charge is 0.0544 e. The van der Waals surface area contributed by atoms with Crippen molar-refractivity contribution in [1.82, 2.24) is 0 Å². The predicted molar refractivity (Wildman–Crippen MR) is 302 cm³/mol. The SMILES string of the molecule is CC1(C)c2cc(-c3c4ccccc4cc4ccccc34)ccc2N2c3ccc(-c4c5ccccc5cc5ccccc45)cc3C(C)(C)c3cc(-c4c5ccccc5cc5ccccc45)cc1c32.CS. The maximum atomic E-state index is 3.53. The third kappa shape index (κ3) is 6.05. The van der Waals surface area contributed by atoms with Crippen LogP contribution in [0.2, 0.25) is 0 Å². The van der Waals surface area contributed by atoms with Crippen molar-refractivity contribution in [2.75, 3.05) is 11.2 Å². The number of hydrogen-bond donors (Lipinski definition) is 1. The van der Waals surface area contributed by atoms with Crippen LogP contribution in [-0.2, 0) is 10.8 Å². The second-order valence-electron chi connectivity index (χ2n) is 20.1. The lowest BCUT2D eigenvalue weighted by molar-refractivity contribution is 0.598. The summed E-state index contributed by atoms with van der Waals surface area (Å²) in [6, 6.07) is 80.3. The van der Waals surface area contributed by atoms with E-state index in [-0.39, 0.29) is 10.8 Å². The van der Waals surface area contributed by atoms with Gasteiger partial charge in [0, 0.05) is 10.8 Å². The molecule has 0 saturated heterocycles. The van der Waals surface area contributed by atoms with Crippen LogP contribution in [0.5, 0.6) is 0 Å². The van der Waals surface area contributed by atoms with Crippen LogP contribution in [0.1, 0.15) is 49.9 Å². The van der Waals surface area contributed by atoms with E-state index in [1.54, 1.807) is 6.26 Å². The molecule has 12 aromatic carbocycles. The van der Waals surface area contributed by atoms with Crippen LogP contribution in [-0.4, -0.2) is 6.26 Å². The van der Waals surface area contributed by atoms with Crippen LogP contribution in [0.15, 0.2) is 212 Å². The Morgan fingerprint density at radius 1 is 0.290 bits per heavy atom. The summed E-state index contributed by atoms with van der Waals surface area (Å²) in [4.78, 5) is 2.63. The Morgan fingerprint density at radius 2 is 0.551 bits per heavy atom. The monoisotopic (exact) mass is 901 g/mol. The number of thiol groups is 1. The Bertz CT molecular complexity index is 3750. The molecule has 0 amide bonds. The number of hydrogen-bond acceptors (Lipinski definition) is 2. The van der Waals surface area contributed by atoms with Crippen LogP contribution in [0.25, 0.3) is 98.0 Å². The quantitative estimate of drug-likeness (QED) is 0.137. The molecule has 0 aliphatic carbocycles. The molecular formula is C67H51NS. The van der Waals surface area contributed by atoms with Crippen molar-refractivity contribution in [3.63, 3.8) is 0 Å². The number of fused-ring (bicyclic) bond motifs is 10. The van der Waals surface area contributed by atoms with Gasteiger partial charge in [-0.15, -0.1) is 0 Å². The van der Waals surface area contributed by atoms with Crippen molar-refractivity contribution < 1.29 is 0 Å². The van der Waals surface area contributed by atoms with Gasteiger partial charge < -0.3 is 4.90 Å². The predicted octanol–water partition coefficient (Wildman–Crippen LogP) is 18.9. The molecule has 0 spiro atoms. The highest BCUT2D eigenvalue weighted by molar-refractivity contribution is 7.79. The fourth-order valence-electron chi connectivity index (χ4n) is 12.4. The standard InChI is InChI=1S/C66H47N.CH4S/c1-65(2)55-36-46(61-49-23-11-5-17-40(49)33-41-18-6-12-24-50(41)61)29-31-59(55)67-60-32-30-47(62-51-25-13-7-19-42(51)34-43-20-8-14-26-52(43)62)37-56(60)66(3,4)58-39-48(38-57(65)64(58)67)63-53-27-15-9-21-44(53)35-45-22-10-16-28-54(45)63;1-2/h5-39H,1-4H3;2H,1H3. The van der Waals surface area contributed by atoms with Crippen LogP contribution in [0, 0.1) is 0 Å². The lowest BCUT2D eigenvalue weighted by Gasteiger charge is -2.50. The van der Waals surface area contributed by atoms with Gasteiger partial charge in [-0.2, -0.15) is 12.6 Å². The van der Waals surface area contributed by atoms with Crippen molar-refractivity contribution in [2.24, 2.45) is 0 Å². The van der Waals surface area contributed by atoms with E-state index in [1.165, 1.54) is 137 Å². The lowest BCUT2D eigenvalue weighted by atomic mass is 9.65. The molecule has 0 aromatic heterocycles. The molecule has 2 aliphatic rings. The summed E-state index contributed by atoms with van der Waals surface area (Å²) in [5.41, 5.74) is 16.1. The topological polar surface area (TPSA) is 3.24 Å². The normalized spacial score (nSPS) is 14.1. The van der Waals surface area contributed by atoms with E-state index in [0.717, 1.165) is 0 Å². The van der Waals surface area contributed by atoms with Gasteiger partial charge in [0.25, 0.3) is 0 Å².